The highest BCUT2D eigenvalue weighted by Crippen LogP contribution is 2.51. The molecule has 1 aliphatic rings. The summed E-state index contributed by atoms with van der Waals surface area (Å²) in [5.41, 5.74) is 14.8. The van der Waals surface area contributed by atoms with Crippen LogP contribution in [0.2, 0.25) is 0 Å². The van der Waals surface area contributed by atoms with Crippen molar-refractivity contribution in [3.63, 3.8) is 0 Å². The first-order valence-electron chi connectivity index (χ1n) is 20.2. The van der Waals surface area contributed by atoms with E-state index in [4.69, 9.17) is 15.0 Å². The van der Waals surface area contributed by atoms with E-state index < -0.39 is 0 Å². The average molecular weight is 756 g/mol. The molecule has 5 nitrogen and oxygen atoms in total. The van der Waals surface area contributed by atoms with E-state index >= 15 is 0 Å². The third kappa shape index (κ3) is 4.95. The lowest BCUT2D eigenvalue weighted by Crippen LogP contribution is -2.15. The van der Waals surface area contributed by atoms with Crippen molar-refractivity contribution in [1.82, 2.24) is 24.1 Å². The standard InChI is InChI=1S/C54H37N5/c1-54(2)44-29-14-12-24-37(44)42-32-43-38-25-13-15-30-46(38)59(48(43)33-45(42)54)47-31-17-27-40-39-26-16-28-41(49(39)58(50(40)47)36-22-10-5-11-23-36)53-56-51(34-18-6-3-7-19-34)55-52(57-53)35-20-8-4-9-21-35/h3-33H,1-2H3. The van der Waals surface area contributed by atoms with Crippen LogP contribution in [0.5, 0.6) is 0 Å². The maximum Gasteiger partial charge on any atom is 0.166 e. The molecule has 59 heavy (non-hydrogen) atoms. The van der Waals surface area contributed by atoms with E-state index in [1.807, 2.05) is 36.4 Å². The molecule has 12 rings (SSSR count). The van der Waals surface area contributed by atoms with E-state index in [1.165, 1.54) is 44.1 Å². The summed E-state index contributed by atoms with van der Waals surface area (Å²) < 4.78 is 4.92. The highest BCUT2D eigenvalue weighted by atomic mass is 15.1. The molecule has 0 aliphatic heterocycles. The predicted octanol–water partition coefficient (Wildman–Crippen LogP) is 13.4. The number of rotatable bonds is 5. The maximum absolute atomic E-state index is 5.23. The van der Waals surface area contributed by atoms with Crippen LogP contribution >= 0.6 is 0 Å². The van der Waals surface area contributed by atoms with Gasteiger partial charge in [0.05, 0.1) is 27.8 Å². The molecule has 0 fully saturated rings. The van der Waals surface area contributed by atoms with Crippen molar-refractivity contribution >= 4 is 43.6 Å². The van der Waals surface area contributed by atoms with Crippen LogP contribution in [-0.2, 0) is 5.41 Å². The summed E-state index contributed by atoms with van der Waals surface area (Å²) in [5, 5.41) is 4.77. The van der Waals surface area contributed by atoms with Crippen molar-refractivity contribution in [2.45, 2.75) is 19.3 Å². The van der Waals surface area contributed by atoms with Gasteiger partial charge in [-0.15, -0.1) is 0 Å². The molecule has 0 N–H and O–H groups in total. The summed E-state index contributed by atoms with van der Waals surface area (Å²) >= 11 is 0. The van der Waals surface area contributed by atoms with Gasteiger partial charge in [-0.1, -0.05) is 159 Å². The van der Waals surface area contributed by atoms with Crippen LogP contribution in [0.25, 0.3) is 100 Å². The summed E-state index contributed by atoms with van der Waals surface area (Å²) in [6.45, 7) is 4.72. The first-order valence-corrected chi connectivity index (χ1v) is 20.2. The van der Waals surface area contributed by atoms with Crippen LogP contribution in [0.4, 0.5) is 0 Å². The van der Waals surface area contributed by atoms with Crippen LogP contribution in [0.15, 0.2) is 188 Å². The van der Waals surface area contributed by atoms with Crippen molar-refractivity contribution in [2.24, 2.45) is 0 Å². The average Bonchev–Trinajstić information content (AvgIpc) is 3.89. The molecule has 0 bridgehead atoms. The van der Waals surface area contributed by atoms with Gasteiger partial charge in [0, 0.05) is 49.3 Å². The third-order valence-corrected chi connectivity index (χ3v) is 12.4. The molecule has 0 amide bonds. The summed E-state index contributed by atoms with van der Waals surface area (Å²) in [6, 6.07) is 67.0. The molecule has 8 aromatic carbocycles. The molecule has 0 saturated heterocycles. The first-order chi connectivity index (χ1) is 29.0. The van der Waals surface area contributed by atoms with Crippen LogP contribution < -0.4 is 0 Å². The Bertz CT molecular complexity index is 3390. The largest absolute Gasteiger partial charge is 0.307 e. The molecule has 0 unspecified atom stereocenters. The zero-order chi connectivity index (χ0) is 39.2. The van der Waals surface area contributed by atoms with Crippen molar-refractivity contribution in [3.05, 3.63) is 199 Å². The molecular weight excluding hydrogens is 719 g/mol. The molecule has 0 spiro atoms. The number of nitrogens with zero attached hydrogens (tertiary/aromatic N) is 5. The fourth-order valence-corrected chi connectivity index (χ4v) is 9.65. The summed E-state index contributed by atoms with van der Waals surface area (Å²) in [6.07, 6.45) is 0. The molecular formula is C54H37N5. The van der Waals surface area contributed by atoms with E-state index in [0.29, 0.717) is 17.5 Å². The van der Waals surface area contributed by atoms with Crippen molar-refractivity contribution in [1.29, 1.82) is 0 Å². The second kappa shape index (κ2) is 12.7. The molecule has 11 aromatic rings. The van der Waals surface area contributed by atoms with Crippen LogP contribution in [0.1, 0.15) is 25.0 Å². The quantitative estimate of drug-likeness (QED) is 0.176. The fourth-order valence-electron chi connectivity index (χ4n) is 9.65. The smallest absolute Gasteiger partial charge is 0.166 e. The van der Waals surface area contributed by atoms with Gasteiger partial charge in [-0.2, -0.15) is 0 Å². The van der Waals surface area contributed by atoms with Gasteiger partial charge in [0.1, 0.15) is 0 Å². The molecule has 1 aliphatic carbocycles. The second-order valence-electron chi connectivity index (χ2n) is 16.0. The van der Waals surface area contributed by atoms with Gasteiger partial charge >= 0.3 is 0 Å². The minimum Gasteiger partial charge on any atom is -0.307 e. The Balaban J connectivity index is 1.19. The lowest BCUT2D eigenvalue weighted by atomic mass is 9.82. The van der Waals surface area contributed by atoms with E-state index in [0.717, 1.165) is 49.9 Å². The second-order valence-corrected chi connectivity index (χ2v) is 16.0. The summed E-state index contributed by atoms with van der Waals surface area (Å²) in [7, 11) is 0. The predicted molar refractivity (Wildman–Crippen MR) is 242 cm³/mol. The van der Waals surface area contributed by atoms with Gasteiger partial charge in [-0.3, -0.25) is 0 Å². The Labute approximate surface area is 341 Å². The molecule has 3 heterocycles. The van der Waals surface area contributed by atoms with Gasteiger partial charge in [-0.25, -0.2) is 15.0 Å². The van der Waals surface area contributed by atoms with Crippen LogP contribution in [0, 0.1) is 0 Å². The summed E-state index contributed by atoms with van der Waals surface area (Å²) in [5.74, 6) is 1.90. The van der Waals surface area contributed by atoms with Crippen LogP contribution in [0.3, 0.4) is 0 Å². The minimum absolute atomic E-state index is 0.136. The van der Waals surface area contributed by atoms with Crippen molar-refractivity contribution in [2.75, 3.05) is 0 Å². The minimum atomic E-state index is -0.136. The number of aromatic nitrogens is 5. The van der Waals surface area contributed by atoms with Gasteiger partial charge in [0.25, 0.3) is 0 Å². The maximum atomic E-state index is 5.23. The highest BCUT2D eigenvalue weighted by molar-refractivity contribution is 6.18. The Kier molecular flexibility index (Phi) is 7.20. The Morgan fingerprint density at radius 3 is 1.66 bits per heavy atom. The summed E-state index contributed by atoms with van der Waals surface area (Å²) in [4.78, 5) is 15.5. The molecule has 0 atom stereocenters. The van der Waals surface area contributed by atoms with E-state index in [-0.39, 0.29) is 5.41 Å². The fraction of sp³-hybridized carbons (Fsp3) is 0.0556. The van der Waals surface area contributed by atoms with Gasteiger partial charge in [0.2, 0.25) is 0 Å². The molecule has 0 radical (unpaired) electrons. The number of hydrogen-bond acceptors (Lipinski definition) is 3. The number of benzene rings is 8. The lowest BCUT2D eigenvalue weighted by Gasteiger charge is -2.22. The Morgan fingerprint density at radius 2 is 0.932 bits per heavy atom. The van der Waals surface area contributed by atoms with Gasteiger partial charge in [-0.05, 0) is 64.7 Å². The lowest BCUT2D eigenvalue weighted by molar-refractivity contribution is 0.661. The molecule has 3 aromatic heterocycles. The number of hydrogen-bond donors (Lipinski definition) is 0. The van der Waals surface area contributed by atoms with Crippen molar-refractivity contribution < 1.29 is 0 Å². The zero-order valence-corrected chi connectivity index (χ0v) is 32.6. The topological polar surface area (TPSA) is 48.5 Å². The molecule has 278 valence electrons. The number of para-hydroxylation sites is 4. The monoisotopic (exact) mass is 755 g/mol. The van der Waals surface area contributed by atoms with E-state index in [1.54, 1.807) is 0 Å². The molecule has 0 saturated carbocycles. The number of fused-ring (bicyclic) bond motifs is 9. The zero-order valence-electron chi connectivity index (χ0n) is 32.6. The molecule has 5 heteroatoms. The third-order valence-electron chi connectivity index (χ3n) is 12.4. The normalized spacial score (nSPS) is 13.1. The van der Waals surface area contributed by atoms with Crippen molar-refractivity contribution in [3.8, 4) is 56.7 Å². The van der Waals surface area contributed by atoms with Crippen LogP contribution in [-0.4, -0.2) is 24.1 Å². The van der Waals surface area contributed by atoms with E-state index in [9.17, 15) is 0 Å². The van der Waals surface area contributed by atoms with Gasteiger partial charge in [0.15, 0.2) is 17.5 Å². The highest BCUT2D eigenvalue weighted by Gasteiger charge is 2.36. The first kappa shape index (κ1) is 33.5. The van der Waals surface area contributed by atoms with E-state index in [2.05, 4.69) is 175 Å². The van der Waals surface area contributed by atoms with Gasteiger partial charge < -0.3 is 9.13 Å². The Morgan fingerprint density at radius 1 is 0.373 bits per heavy atom. The Hall–Kier alpha value is -7.63. The SMILES string of the molecule is CC1(C)c2ccccc2-c2cc3c4ccccc4n(-c4cccc5c6cccc(-c7nc(-c8ccccc8)nc(-c8ccccc8)n7)c6n(-c6ccccc6)c45)c3cc21.